The third-order valence-corrected chi connectivity index (χ3v) is 8.11. The van der Waals surface area contributed by atoms with Crippen LogP contribution in [0.4, 0.5) is 0 Å². The van der Waals surface area contributed by atoms with Crippen LogP contribution in [-0.2, 0) is 9.31 Å². The highest BCUT2D eigenvalue weighted by Crippen LogP contribution is 2.37. The van der Waals surface area contributed by atoms with Gasteiger partial charge in [0.1, 0.15) is 0 Å². The highest BCUT2D eigenvalue weighted by molar-refractivity contribution is 6.62. The van der Waals surface area contributed by atoms with Crippen molar-refractivity contribution >= 4 is 45.4 Å². The summed E-state index contributed by atoms with van der Waals surface area (Å²) in [4.78, 5) is 9.60. The SMILES string of the molecule is CC1(C)OB(c2ccc3c(c2)c2ccccc2n3-c2cnc3cc(-c4ccccc4)cnc3c2)OC1(C)C. The Morgan fingerprint density at radius 2 is 1.29 bits per heavy atom. The van der Waals surface area contributed by atoms with Gasteiger partial charge in [0.15, 0.2) is 0 Å². The lowest BCUT2D eigenvalue weighted by Gasteiger charge is -2.32. The maximum absolute atomic E-state index is 6.34. The lowest BCUT2D eigenvalue weighted by molar-refractivity contribution is 0.00578. The zero-order valence-corrected chi connectivity index (χ0v) is 22.0. The van der Waals surface area contributed by atoms with Gasteiger partial charge in [-0.3, -0.25) is 9.97 Å². The molecule has 186 valence electrons. The first kappa shape index (κ1) is 23.1. The average Bonchev–Trinajstić information content (AvgIpc) is 3.37. The first-order valence-corrected chi connectivity index (χ1v) is 13.0. The van der Waals surface area contributed by atoms with Crippen LogP contribution in [0.15, 0.2) is 97.3 Å². The Morgan fingerprint density at radius 1 is 0.632 bits per heavy atom. The van der Waals surface area contributed by atoms with E-state index in [0.717, 1.165) is 49.7 Å². The minimum atomic E-state index is -0.406. The Kier molecular flexibility index (Phi) is 5.03. The zero-order chi connectivity index (χ0) is 26.1. The van der Waals surface area contributed by atoms with E-state index in [9.17, 15) is 0 Å². The normalized spacial score (nSPS) is 16.6. The molecule has 3 aromatic heterocycles. The Labute approximate surface area is 222 Å². The molecule has 0 aliphatic carbocycles. The molecule has 0 radical (unpaired) electrons. The Bertz CT molecular complexity index is 1830. The molecule has 1 saturated heterocycles. The van der Waals surface area contributed by atoms with E-state index in [-0.39, 0.29) is 11.2 Å². The molecule has 1 fully saturated rings. The highest BCUT2D eigenvalue weighted by atomic mass is 16.7. The maximum atomic E-state index is 6.34. The second-order valence-electron chi connectivity index (χ2n) is 11.0. The van der Waals surface area contributed by atoms with E-state index in [1.807, 2.05) is 30.6 Å². The molecule has 0 atom stereocenters. The van der Waals surface area contributed by atoms with E-state index in [1.54, 1.807) is 0 Å². The van der Waals surface area contributed by atoms with Crippen molar-refractivity contribution in [3.63, 3.8) is 0 Å². The zero-order valence-electron chi connectivity index (χ0n) is 22.0. The molecule has 6 aromatic rings. The number of rotatable bonds is 3. The summed E-state index contributed by atoms with van der Waals surface area (Å²) in [6.07, 6.45) is 3.86. The van der Waals surface area contributed by atoms with E-state index in [4.69, 9.17) is 19.3 Å². The fourth-order valence-electron chi connectivity index (χ4n) is 5.30. The van der Waals surface area contributed by atoms with Crippen LogP contribution in [0, 0.1) is 0 Å². The molecule has 38 heavy (non-hydrogen) atoms. The van der Waals surface area contributed by atoms with Crippen molar-refractivity contribution in [3.8, 4) is 16.8 Å². The Morgan fingerprint density at radius 3 is 2.08 bits per heavy atom. The van der Waals surface area contributed by atoms with Crippen molar-refractivity contribution in [2.45, 2.75) is 38.9 Å². The standard InChI is InChI=1S/C32H28BN3O2/c1-31(2)32(3,4)38-33(37-31)23-14-15-30-26(17-23)25-12-8-9-13-29(25)36(30)24-18-28-27(35-20-24)16-22(19-34-28)21-10-6-5-7-11-21/h5-20H,1-4H3. The van der Waals surface area contributed by atoms with Gasteiger partial charge >= 0.3 is 7.12 Å². The van der Waals surface area contributed by atoms with Gasteiger partial charge in [-0.05, 0) is 63.0 Å². The fourth-order valence-corrected chi connectivity index (χ4v) is 5.30. The predicted molar refractivity (Wildman–Crippen MR) is 155 cm³/mol. The van der Waals surface area contributed by atoms with Crippen molar-refractivity contribution in [1.29, 1.82) is 0 Å². The Hall–Kier alpha value is -4.00. The summed E-state index contributed by atoms with van der Waals surface area (Å²) in [5.41, 5.74) is 7.39. The van der Waals surface area contributed by atoms with Gasteiger partial charge in [0.25, 0.3) is 0 Å². The van der Waals surface area contributed by atoms with Crippen LogP contribution in [-0.4, -0.2) is 32.9 Å². The summed E-state index contributed by atoms with van der Waals surface area (Å²) in [6.45, 7) is 8.34. The molecule has 1 aliphatic heterocycles. The highest BCUT2D eigenvalue weighted by Gasteiger charge is 2.51. The lowest BCUT2D eigenvalue weighted by atomic mass is 9.78. The molecule has 0 N–H and O–H groups in total. The number of hydrogen-bond acceptors (Lipinski definition) is 4. The number of pyridine rings is 2. The van der Waals surface area contributed by atoms with Crippen LogP contribution in [0.25, 0.3) is 49.7 Å². The second-order valence-corrected chi connectivity index (χ2v) is 11.0. The van der Waals surface area contributed by atoms with Crippen molar-refractivity contribution in [2.75, 3.05) is 0 Å². The molecule has 0 amide bonds. The molecule has 5 nitrogen and oxygen atoms in total. The molecule has 0 unspecified atom stereocenters. The van der Waals surface area contributed by atoms with Crippen LogP contribution in [0.5, 0.6) is 0 Å². The van der Waals surface area contributed by atoms with Crippen LogP contribution in [0.1, 0.15) is 27.7 Å². The molecule has 6 heteroatoms. The van der Waals surface area contributed by atoms with Crippen molar-refractivity contribution in [3.05, 3.63) is 97.3 Å². The van der Waals surface area contributed by atoms with Gasteiger partial charge in [-0.15, -0.1) is 0 Å². The number of aromatic nitrogens is 3. The Balaban J connectivity index is 1.35. The number of hydrogen-bond donors (Lipinski definition) is 0. The molecular formula is C32H28BN3O2. The van der Waals surface area contributed by atoms with Gasteiger partial charge in [-0.1, -0.05) is 60.7 Å². The van der Waals surface area contributed by atoms with Crippen molar-refractivity contribution in [2.24, 2.45) is 0 Å². The second kappa shape index (κ2) is 8.25. The average molecular weight is 497 g/mol. The third-order valence-electron chi connectivity index (χ3n) is 8.11. The molecule has 1 aliphatic rings. The third kappa shape index (κ3) is 3.56. The lowest BCUT2D eigenvalue weighted by Crippen LogP contribution is -2.41. The molecule has 7 rings (SSSR count). The summed E-state index contributed by atoms with van der Waals surface area (Å²) in [7, 11) is -0.406. The predicted octanol–water partition coefficient (Wildman–Crippen LogP) is 6.69. The molecular weight excluding hydrogens is 469 g/mol. The van der Waals surface area contributed by atoms with Gasteiger partial charge in [-0.25, -0.2) is 0 Å². The molecule has 0 bridgehead atoms. The minimum absolute atomic E-state index is 0.384. The van der Waals surface area contributed by atoms with Gasteiger partial charge < -0.3 is 13.9 Å². The molecule has 0 spiro atoms. The summed E-state index contributed by atoms with van der Waals surface area (Å²) >= 11 is 0. The first-order chi connectivity index (χ1) is 18.3. The monoisotopic (exact) mass is 497 g/mol. The summed E-state index contributed by atoms with van der Waals surface area (Å²) in [5.74, 6) is 0. The fraction of sp³-hybridized carbons (Fsp3) is 0.188. The van der Waals surface area contributed by atoms with Crippen LogP contribution < -0.4 is 5.46 Å². The number of fused-ring (bicyclic) bond motifs is 4. The van der Waals surface area contributed by atoms with Gasteiger partial charge in [0.05, 0.1) is 45.2 Å². The largest absolute Gasteiger partial charge is 0.494 e. The number of nitrogens with zero attached hydrogens (tertiary/aromatic N) is 3. The minimum Gasteiger partial charge on any atom is -0.399 e. The van der Waals surface area contributed by atoms with Crippen molar-refractivity contribution < 1.29 is 9.31 Å². The quantitative estimate of drug-likeness (QED) is 0.256. The van der Waals surface area contributed by atoms with Crippen molar-refractivity contribution in [1.82, 2.24) is 14.5 Å². The maximum Gasteiger partial charge on any atom is 0.494 e. The number of para-hydroxylation sites is 1. The van der Waals surface area contributed by atoms with E-state index in [1.165, 1.54) is 5.39 Å². The van der Waals surface area contributed by atoms with Crippen LogP contribution >= 0.6 is 0 Å². The van der Waals surface area contributed by atoms with Gasteiger partial charge in [-0.2, -0.15) is 0 Å². The summed E-state index contributed by atoms with van der Waals surface area (Å²) in [5, 5.41) is 2.33. The van der Waals surface area contributed by atoms with Crippen LogP contribution in [0.2, 0.25) is 0 Å². The van der Waals surface area contributed by atoms with Crippen LogP contribution in [0.3, 0.4) is 0 Å². The summed E-state index contributed by atoms with van der Waals surface area (Å²) in [6, 6.07) is 29.4. The van der Waals surface area contributed by atoms with Gasteiger partial charge in [0, 0.05) is 22.5 Å². The smallest absolute Gasteiger partial charge is 0.399 e. The van der Waals surface area contributed by atoms with Gasteiger partial charge in [0.2, 0.25) is 0 Å². The molecule has 3 aromatic carbocycles. The first-order valence-electron chi connectivity index (χ1n) is 13.0. The number of benzene rings is 3. The molecule has 0 saturated carbocycles. The van der Waals surface area contributed by atoms with E-state index in [2.05, 4.69) is 99.0 Å². The van der Waals surface area contributed by atoms with E-state index < -0.39 is 7.12 Å². The summed E-state index contributed by atoms with van der Waals surface area (Å²) < 4.78 is 15.0. The van der Waals surface area contributed by atoms with E-state index in [0.29, 0.717) is 0 Å². The topological polar surface area (TPSA) is 49.2 Å². The van der Waals surface area contributed by atoms with E-state index >= 15 is 0 Å². The molecule has 4 heterocycles.